The summed E-state index contributed by atoms with van der Waals surface area (Å²) in [5, 5.41) is 13.0. The highest BCUT2D eigenvalue weighted by atomic mass is 16.6. The number of methoxy groups -OCH3 is 1. The van der Waals surface area contributed by atoms with Crippen LogP contribution >= 0.6 is 0 Å². The van der Waals surface area contributed by atoms with Crippen LogP contribution in [0, 0.1) is 5.41 Å². The van der Waals surface area contributed by atoms with Gasteiger partial charge in [0.25, 0.3) is 0 Å². The Morgan fingerprint density at radius 1 is 0.947 bits per heavy atom. The quantitative estimate of drug-likeness (QED) is 0.538. The van der Waals surface area contributed by atoms with Crippen LogP contribution in [0.1, 0.15) is 60.5 Å². The molecule has 1 aliphatic rings. The Balaban J connectivity index is 1.98. The third-order valence-corrected chi connectivity index (χ3v) is 7.05. The summed E-state index contributed by atoms with van der Waals surface area (Å²) in [5.41, 5.74) is -1.24. The zero-order chi connectivity index (χ0) is 28.5. The van der Waals surface area contributed by atoms with Crippen LogP contribution in [0.3, 0.4) is 0 Å². The number of benzene rings is 2. The first-order valence-electron chi connectivity index (χ1n) is 12.8. The summed E-state index contributed by atoms with van der Waals surface area (Å²) in [6.45, 7) is 12.2. The molecule has 1 fully saturated rings. The fraction of sp³-hybridized carbons (Fsp3) is 0.500. The maximum Gasteiger partial charge on any atom is 0.408 e. The number of rotatable bonds is 6. The van der Waals surface area contributed by atoms with E-state index >= 15 is 0 Å². The number of likely N-dealkylation sites (tertiary alicyclic amines) is 1. The number of nitrogens with one attached hydrogen (secondary N) is 1. The highest BCUT2D eigenvalue weighted by Crippen LogP contribution is 2.46. The average molecular weight is 525 g/mol. The van der Waals surface area contributed by atoms with E-state index in [1.54, 1.807) is 20.8 Å². The van der Waals surface area contributed by atoms with E-state index in [2.05, 4.69) is 5.32 Å². The van der Waals surface area contributed by atoms with Gasteiger partial charge in [-0.3, -0.25) is 4.79 Å². The van der Waals surface area contributed by atoms with Crippen molar-refractivity contribution in [1.82, 2.24) is 10.2 Å². The summed E-state index contributed by atoms with van der Waals surface area (Å²) in [6, 6.07) is 16.7. The molecule has 8 nitrogen and oxygen atoms in total. The van der Waals surface area contributed by atoms with E-state index < -0.39 is 46.2 Å². The van der Waals surface area contributed by atoms with Crippen molar-refractivity contribution in [3.63, 3.8) is 0 Å². The largest absolute Gasteiger partial charge is 0.480 e. The first-order valence-corrected chi connectivity index (χ1v) is 12.8. The van der Waals surface area contributed by atoms with Gasteiger partial charge in [-0.2, -0.15) is 0 Å². The van der Waals surface area contributed by atoms with Gasteiger partial charge < -0.3 is 24.8 Å². The lowest BCUT2D eigenvalue weighted by Crippen LogP contribution is -2.60. The summed E-state index contributed by atoms with van der Waals surface area (Å²) in [6.07, 6.45) is -0.692. The number of carboxylic acids is 1. The monoisotopic (exact) mass is 524 g/mol. The zero-order valence-electron chi connectivity index (χ0n) is 23.6. The van der Waals surface area contributed by atoms with Gasteiger partial charge in [-0.1, -0.05) is 75.4 Å². The molecule has 0 radical (unpaired) electrons. The summed E-state index contributed by atoms with van der Waals surface area (Å²) in [5.74, 6) is -1.65. The second-order valence-electron chi connectivity index (χ2n) is 12.3. The van der Waals surface area contributed by atoms with Gasteiger partial charge in [0, 0.05) is 13.5 Å². The van der Waals surface area contributed by atoms with Crippen LogP contribution in [0.25, 0.3) is 11.1 Å². The van der Waals surface area contributed by atoms with Crippen molar-refractivity contribution in [2.24, 2.45) is 5.41 Å². The zero-order valence-corrected chi connectivity index (χ0v) is 23.6. The molecule has 0 bridgehead atoms. The number of carbonyl (C=O) groups is 3. The molecular weight excluding hydrogens is 484 g/mol. The standard InChI is InChI=1S/C30H40N2O6/c1-27(2,3)23(31-26(36)38-28(4,5)6)24(33)32-19-30(37-8,18-29(32,7)25(34)35)22-16-14-21(15-17-22)20-12-10-9-11-13-20/h9-17,23H,18-19H2,1-8H3,(H,31,36)(H,34,35)/t23-,29+,30+/m1/s1. The minimum atomic E-state index is -1.57. The molecule has 3 atom stereocenters. The van der Waals surface area contributed by atoms with Crippen molar-refractivity contribution < 1.29 is 29.0 Å². The van der Waals surface area contributed by atoms with E-state index in [-0.39, 0.29) is 13.0 Å². The first kappa shape index (κ1) is 29.2. The lowest BCUT2D eigenvalue weighted by atomic mass is 9.84. The minimum absolute atomic E-state index is 0.0123. The van der Waals surface area contributed by atoms with E-state index in [1.807, 2.05) is 75.4 Å². The molecule has 0 aromatic heterocycles. The molecule has 0 unspecified atom stereocenters. The maximum absolute atomic E-state index is 14.0. The van der Waals surface area contributed by atoms with Crippen molar-refractivity contribution in [3.05, 3.63) is 60.2 Å². The van der Waals surface area contributed by atoms with Crippen molar-refractivity contribution in [1.29, 1.82) is 0 Å². The van der Waals surface area contributed by atoms with Crippen LogP contribution in [0.2, 0.25) is 0 Å². The van der Waals surface area contributed by atoms with Crippen LogP contribution in [0.5, 0.6) is 0 Å². The van der Waals surface area contributed by atoms with Crippen molar-refractivity contribution in [2.75, 3.05) is 13.7 Å². The van der Waals surface area contributed by atoms with Gasteiger partial charge in [-0.25, -0.2) is 9.59 Å². The molecule has 8 heteroatoms. The molecule has 2 amide bonds. The Labute approximate surface area is 225 Å². The predicted octanol–water partition coefficient (Wildman–Crippen LogP) is 5.21. The SMILES string of the molecule is CO[C@]1(c2ccc(-c3ccccc3)cc2)CN(C(=O)[C@@H](NC(=O)OC(C)(C)C)C(C)(C)C)[C@](C)(C(=O)O)C1. The van der Waals surface area contributed by atoms with E-state index in [9.17, 15) is 19.5 Å². The predicted molar refractivity (Wildman–Crippen MR) is 146 cm³/mol. The number of hydrogen-bond donors (Lipinski definition) is 2. The van der Waals surface area contributed by atoms with E-state index in [1.165, 1.54) is 18.9 Å². The Bertz CT molecular complexity index is 1170. The summed E-state index contributed by atoms with van der Waals surface area (Å²) < 4.78 is 11.4. The highest BCUT2D eigenvalue weighted by molar-refractivity contribution is 5.92. The third-order valence-electron chi connectivity index (χ3n) is 7.05. The van der Waals surface area contributed by atoms with Crippen LogP contribution in [-0.2, 0) is 24.7 Å². The topological polar surface area (TPSA) is 105 Å². The molecule has 0 saturated carbocycles. The molecule has 0 aliphatic carbocycles. The first-order chi connectivity index (χ1) is 17.5. The second kappa shape index (κ2) is 10.4. The number of carbonyl (C=O) groups excluding carboxylic acids is 2. The van der Waals surface area contributed by atoms with Gasteiger partial charge in [-0.05, 0) is 49.8 Å². The average Bonchev–Trinajstić information content (AvgIpc) is 3.16. The van der Waals surface area contributed by atoms with E-state index in [4.69, 9.17) is 9.47 Å². The lowest BCUT2D eigenvalue weighted by molar-refractivity contribution is -0.157. The Morgan fingerprint density at radius 3 is 1.97 bits per heavy atom. The van der Waals surface area contributed by atoms with Gasteiger partial charge in [0.05, 0.1) is 6.54 Å². The number of nitrogens with zero attached hydrogens (tertiary/aromatic N) is 1. The molecule has 0 spiro atoms. The molecule has 2 aromatic carbocycles. The molecule has 1 aliphatic heterocycles. The van der Waals surface area contributed by atoms with Crippen LogP contribution < -0.4 is 5.32 Å². The van der Waals surface area contributed by atoms with Crippen LogP contribution in [0.4, 0.5) is 4.79 Å². The number of hydrogen-bond acceptors (Lipinski definition) is 5. The molecule has 1 saturated heterocycles. The molecule has 2 aromatic rings. The van der Waals surface area contributed by atoms with Crippen molar-refractivity contribution in [2.45, 2.75) is 77.7 Å². The van der Waals surface area contributed by atoms with E-state index in [0.717, 1.165) is 16.7 Å². The third kappa shape index (κ3) is 6.01. The van der Waals surface area contributed by atoms with Crippen LogP contribution in [0.15, 0.2) is 54.6 Å². The number of ether oxygens (including phenoxy) is 2. The molecule has 2 N–H and O–H groups in total. The van der Waals surface area contributed by atoms with Crippen molar-refractivity contribution >= 4 is 18.0 Å². The fourth-order valence-corrected chi connectivity index (χ4v) is 4.92. The Hall–Kier alpha value is -3.39. The molecule has 3 rings (SSSR count). The Morgan fingerprint density at radius 2 is 1.50 bits per heavy atom. The summed E-state index contributed by atoms with van der Waals surface area (Å²) in [7, 11) is 1.53. The number of alkyl carbamates (subject to hydrolysis) is 1. The lowest BCUT2D eigenvalue weighted by Gasteiger charge is -2.38. The number of amides is 2. The van der Waals surface area contributed by atoms with E-state index in [0.29, 0.717) is 0 Å². The summed E-state index contributed by atoms with van der Waals surface area (Å²) >= 11 is 0. The van der Waals surface area contributed by atoms with Crippen molar-refractivity contribution in [3.8, 4) is 11.1 Å². The normalized spacial score (nSPS) is 22.6. The number of aliphatic carboxylic acids is 1. The maximum atomic E-state index is 14.0. The van der Waals surface area contributed by atoms with Gasteiger partial charge >= 0.3 is 12.1 Å². The minimum Gasteiger partial charge on any atom is -0.480 e. The summed E-state index contributed by atoms with van der Waals surface area (Å²) in [4.78, 5) is 40.6. The molecule has 38 heavy (non-hydrogen) atoms. The Kier molecular flexibility index (Phi) is 7.99. The smallest absolute Gasteiger partial charge is 0.408 e. The fourth-order valence-electron chi connectivity index (χ4n) is 4.92. The molecule has 206 valence electrons. The second-order valence-corrected chi connectivity index (χ2v) is 12.3. The van der Waals surface area contributed by atoms with Crippen LogP contribution in [-0.4, -0.2) is 58.8 Å². The molecule has 1 heterocycles. The highest BCUT2D eigenvalue weighted by Gasteiger charge is 2.59. The van der Waals surface area contributed by atoms with Gasteiger partial charge in [0.1, 0.15) is 22.8 Å². The van der Waals surface area contributed by atoms with Gasteiger partial charge in [-0.15, -0.1) is 0 Å². The van der Waals surface area contributed by atoms with Gasteiger partial charge in [0.2, 0.25) is 5.91 Å². The van der Waals surface area contributed by atoms with Gasteiger partial charge in [0.15, 0.2) is 0 Å². The molecular formula is C30H40N2O6. The number of carboxylic acid groups (broad SMARTS) is 1.